The molecule has 3 aromatic rings. The zero-order valence-corrected chi connectivity index (χ0v) is 18.0. The van der Waals surface area contributed by atoms with Gasteiger partial charge in [0.05, 0.1) is 48.4 Å². The number of pyridine rings is 1. The second kappa shape index (κ2) is 7.04. The van der Waals surface area contributed by atoms with Crippen molar-refractivity contribution in [3.63, 3.8) is 0 Å². The summed E-state index contributed by atoms with van der Waals surface area (Å²) in [6.45, 7) is 9.12. The number of rotatable bonds is 4. The van der Waals surface area contributed by atoms with Gasteiger partial charge in [-0.05, 0) is 39.2 Å². The molecule has 3 aromatic heterocycles. The molecule has 154 valence electrons. The number of aliphatic hydroxyl groups is 1. The largest absolute Gasteiger partial charge is 0.394 e. The Kier molecular flexibility index (Phi) is 4.60. The van der Waals surface area contributed by atoms with Gasteiger partial charge >= 0.3 is 0 Å². The van der Waals surface area contributed by atoms with Gasteiger partial charge in [0.2, 0.25) is 0 Å². The van der Waals surface area contributed by atoms with Crippen LogP contribution in [0.1, 0.15) is 44.7 Å². The van der Waals surface area contributed by atoms with E-state index in [4.69, 9.17) is 4.74 Å². The molecule has 0 amide bonds. The molecule has 0 unspecified atom stereocenters. The van der Waals surface area contributed by atoms with Crippen molar-refractivity contribution in [2.45, 2.75) is 58.3 Å². The molecule has 29 heavy (non-hydrogen) atoms. The number of hydrogen-bond acceptors (Lipinski definition) is 7. The van der Waals surface area contributed by atoms with Gasteiger partial charge in [-0.25, -0.2) is 15.0 Å². The monoisotopic (exact) mass is 414 g/mol. The van der Waals surface area contributed by atoms with E-state index < -0.39 is 0 Å². The van der Waals surface area contributed by atoms with E-state index in [1.54, 1.807) is 17.7 Å². The molecule has 1 fully saturated rings. The van der Waals surface area contributed by atoms with E-state index in [9.17, 15) is 5.11 Å². The first-order valence-electron chi connectivity index (χ1n) is 10.4. The van der Waals surface area contributed by atoms with E-state index >= 15 is 0 Å². The molecule has 0 aliphatic carbocycles. The number of nitrogens with zero attached hydrogens (tertiary/aromatic N) is 3. The molecule has 5 heterocycles. The number of nitrogens with one attached hydrogen (secondary N) is 2. The Labute approximate surface area is 174 Å². The van der Waals surface area contributed by atoms with Crippen molar-refractivity contribution in [3.05, 3.63) is 17.5 Å². The Morgan fingerprint density at radius 3 is 2.86 bits per heavy atom. The quantitative estimate of drug-likeness (QED) is 0.683. The fraction of sp³-hybridized carbons (Fsp3) is 0.571. The molecule has 0 saturated carbocycles. The third-order valence-electron chi connectivity index (χ3n) is 5.94. The number of ether oxygens (including phenoxy) is 1. The Balaban J connectivity index is 1.76. The highest BCUT2D eigenvalue weighted by Crippen LogP contribution is 2.42. The van der Waals surface area contributed by atoms with Gasteiger partial charge in [0.25, 0.3) is 5.82 Å². The number of aromatic nitrogens is 3. The molecule has 5 rings (SSSR count). The molecule has 8 heteroatoms. The smallest absolute Gasteiger partial charge is 0.281 e. The standard InChI is InChI=1S/C21H27N5O2S/c1-12(9-27)24-18-17-16(22-11-23-18)15-13-8-21(2,3)28-10-14(13)19(25-20(15)29-17)26-6-4-5-7-26/h11-12,27H,4-10H2,1-3H3,(H,22,23,24)/p+1/t12-/m1/s1. The molecule has 0 spiro atoms. The summed E-state index contributed by atoms with van der Waals surface area (Å²) < 4.78 is 7.24. The maximum absolute atomic E-state index is 9.45. The summed E-state index contributed by atoms with van der Waals surface area (Å²) >= 11 is 1.69. The predicted octanol–water partition coefficient (Wildman–Crippen LogP) is 2.90. The molecule has 0 bridgehead atoms. The van der Waals surface area contributed by atoms with E-state index in [1.165, 1.54) is 35.2 Å². The molecule has 0 aromatic carbocycles. The summed E-state index contributed by atoms with van der Waals surface area (Å²) in [5.74, 6) is 1.99. The second-order valence-corrected chi connectivity index (χ2v) is 9.80. The number of hydrogen-bond donors (Lipinski definition) is 2. The first kappa shape index (κ1) is 19.0. The van der Waals surface area contributed by atoms with Crippen LogP contribution in [0.2, 0.25) is 0 Å². The molecule has 3 N–H and O–H groups in total. The molecule has 0 radical (unpaired) electrons. The summed E-state index contributed by atoms with van der Waals surface area (Å²) in [6.07, 6.45) is 4.95. The van der Waals surface area contributed by atoms with Crippen molar-refractivity contribution in [3.8, 4) is 0 Å². The molecule has 1 saturated heterocycles. The second-order valence-electron chi connectivity index (χ2n) is 8.78. The van der Waals surface area contributed by atoms with E-state index in [-0.39, 0.29) is 18.2 Å². The van der Waals surface area contributed by atoms with Gasteiger partial charge in [0.1, 0.15) is 16.8 Å². The van der Waals surface area contributed by atoms with Crippen molar-refractivity contribution >= 4 is 43.4 Å². The van der Waals surface area contributed by atoms with Gasteiger partial charge in [-0.2, -0.15) is 0 Å². The van der Waals surface area contributed by atoms with E-state index in [1.807, 2.05) is 6.92 Å². The highest BCUT2D eigenvalue weighted by atomic mass is 32.1. The van der Waals surface area contributed by atoms with Crippen LogP contribution in [0.3, 0.4) is 0 Å². The minimum Gasteiger partial charge on any atom is -0.394 e. The topological polar surface area (TPSA) is 84.7 Å². The van der Waals surface area contributed by atoms with Gasteiger partial charge < -0.3 is 15.2 Å². The minimum atomic E-state index is -0.197. The third kappa shape index (κ3) is 3.23. The van der Waals surface area contributed by atoms with Gasteiger partial charge in [-0.15, -0.1) is 0 Å². The van der Waals surface area contributed by atoms with Gasteiger partial charge in [-0.3, -0.25) is 4.90 Å². The first-order chi connectivity index (χ1) is 14.0. The number of fused-ring (bicyclic) bond motifs is 5. The summed E-state index contributed by atoms with van der Waals surface area (Å²) in [6, 6.07) is -0.0660. The first-order valence-corrected chi connectivity index (χ1v) is 11.2. The number of aliphatic hydroxyl groups excluding tert-OH is 1. The third-order valence-corrected chi connectivity index (χ3v) is 7.05. The van der Waals surface area contributed by atoms with Gasteiger partial charge in [-0.1, -0.05) is 11.3 Å². The lowest BCUT2D eigenvalue weighted by atomic mass is 9.90. The highest BCUT2D eigenvalue weighted by Gasteiger charge is 2.36. The Hall–Kier alpha value is -2.03. The highest BCUT2D eigenvalue weighted by molar-refractivity contribution is 7.25. The normalized spacial score (nSPS) is 19.7. The van der Waals surface area contributed by atoms with Crippen LogP contribution in [0.15, 0.2) is 6.33 Å². The van der Waals surface area contributed by atoms with Crippen LogP contribution < -0.4 is 15.2 Å². The maximum Gasteiger partial charge on any atom is 0.281 e. The molecular weight excluding hydrogens is 386 g/mol. The molecule has 1 atom stereocenters. The van der Waals surface area contributed by atoms with Crippen LogP contribution in [0.4, 0.5) is 11.6 Å². The van der Waals surface area contributed by atoms with Crippen LogP contribution in [-0.4, -0.2) is 46.4 Å². The van der Waals surface area contributed by atoms with Crippen molar-refractivity contribution in [1.82, 2.24) is 9.97 Å². The number of thiophene rings is 1. The predicted molar refractivity (Wildman–Crippen MR) is 116 cm³/mol. The SMILES string of the molecule is C[C@H](CO)Nc1ncnc2c1sc1[nH+]c(N3CCCC3)c3c(c12)CC(C)(C)OC3. The van der Waals surface area contributed by atoms with Crippen molar-refractivity contribution in [2.24, 2.45) is 0 Å². The van der Waals surface area contributed by atoms with Crippen molar-refractivity contribution in [1.29, 1.82) is 0 Å². The van der Waals surface area contributed by atoms with Crippen LogP contribution >= 0.6 is 11.3 Å². The van der Waals surface area contributed by atoms with Crippen molar-refractivity contribution in [2.75, 3.05) is 29.9 Å². The minimum absolute atomic E-state index is 0.0581. The lowest BCUT2D eigenvalue weighted by Gasteiger charge is -2.32. The Morgan fingerprint density at radius 1 is 1.31 bits per heavy atom. The van der Waals surface area contributed by atoms with Crippen LogP contribution in [-0.2, 0) is 17.8 Å². The van der Waals surface area contributed by atoms with E-state index in [0.717, 1.165) is 40.4 Å². The van der Waals surface area contributed by atoms with Gasteiger partial charge in [0, 0.05) is 12.5 Å². The average Bonchev–Trinajstić information content (AvgIpc) is 3.34. The van der Waals surface area contributed by atoms with Crippen LogP contribution in [0, 0.1) is 0 Å². The summed E-state index contributed by atoms with van der Waals surface area (Å²) in [5.41, 5.74) is 3.40. The Bertz CT molecular complexity index is 1070. The molecule has 2 aliphatic heterocycles. The maximum atomic E-state index is 9.45. The lowest BCUT2D eigenvalue weighted by molar-refractivity contribution is -0.328. The number of anilines is 2. The summed E-state index contributed by atoms with van der Waals surface area (Å²) in [7, 11) is 0. The number of H-pyrrole nitrogens is 1. The summed E-state index contributed by atoms with van der Waals surface area (Å²) in [5, 5.41) is 14.0. The fourth-order valence-corrected chi connectivity index (χ4v) is 5.57. The zero-order valence-electron chi connectivity index (χ0n) is 17.2. The fourth-order valence-electron chi connectivity index (χ4n) is 4.44. The molecular formula is C21H28N5O2S+. The van der Waals surface area contributed by atoms with Crippen LogP contribution in [0.5, 0.6) is 0 Å². The van der Waals surface area contributed by atoms with E-state index in [2.05, 4.69) is 39.0 Å². The Morgan fingerprint density at radius 2 is 2.10 bits per heavy atom. The number of aromatic amines is 1. The molecule has 7 nitrogen and oxygen atoms in total. The summed E-state index contributed by atoms with van der Waals surface area (Å²) in [4.78, 5) is 16.5. The molecule has 2 aliphatic rings. The van der Waals surface area contributed by atoms with E-state index in [0.29, 0.717) is 6.61 Å². The zero-order chi connectivity index (χ0) is 20.2. The van der Waals surface area contributed by atoms with Crippen LogP contribution in [0.25, 0.3) is 20.4 Å². The van der Waals surface area contributed by atoms with Crippen molar-refractivity contribution < 1.29 is 14.8 Å². The average molecular weight is 415 g/mol. The lowest BCUT2D eigenvalue weighted by Crippen LogP contribution is -2.36. The van der Waals surface area contributed by atoms with Gasteiger partial charge in [0.15, 0.2) is 4.83 Å².